The van der Waals surface area contributed by atoms with Crippen LogP contribution in [0.4, 0.5) is 4.79 Å². The summed E-state index contributed by atoms with van der Waals surface area (Å²) in [4.78, 5) is 12.2. The second-order valence-electron chi connectivity index (χ2n) is 6.58. The minimum Gasteiger partial charge on any atom is -0.465 e. The average molecular weight is 275 g/mol. The largest absolute Gasteiger partial charge is 0.465 e. The molecule has 5 nitrogen and oxygen atoms in total. The van der Waals surface area contributed by atoms with Gasteiger partial charge in [-0.05, 0) is 18.1 Å². The molecule has 2 N–H and O–H groups in total. The highest BCUT2D eigenvalue weighted by molar-refractivity contribution is 6.74. The third-order valence-corrected chi connectivity index (χ3v) is 8.46. The van der Waals surface area contributed by atoms with Crippen molar-refractivity contribution in [3.8, 4) is 0 Å². The molecule has 106 valence electrons. The summed E-state index contributed by atoms with van der Waals surface area (Å²) in [6.07, 6.45) is -1.27. The third-order valence-electron chi connectivity index (χ3n) is 3.93. The zero-order valence-electron chi connectivity index (χ0n) is 11.9. The fraction of sp³-hybridized carbons (Fsp3) is 0.917. The maximum Gasteiger partial charge on any atom is 0.407 e. The van der Waals surface area contributed by atoms with Crippen molar-refractivity contribution in [2.75, 3.05) is 13.1 Å². The van der Waals surface area contributed by atoms with Crippen LogP contribution in [0.2, 0.25) is 18.1 Å². The number of piperidine rings is 1. The summed E-state index contributed by atoms with van der Waals surface area (Å²) in [6, 6.07) is 0. The van der Waals surface area contributed by atoms with E-state index in [1.165, 1.54) is 4.90 Å². The molecule has 0 aromatic carbocycles. The fourth-order valence-corrected chi connectivity index (χ4v) is 3.22. The van der Waals surface area contributed by atoms with Gasteiger partial charge in [0.25, 0.3) is 0 Å². The lowest BCUT2D eigenvalue weighted by Gasteiger charge is -2.42. The maximum atomic E-state index is 11.0. The van der Waals surface area contributed by atoms with E-state index in [4.69, 9.17) is 9.53 Å². The van der Waals surface area contributed by atoms with Crippen LogP contribution in [0.15, 0.2) is 0 Å². The smallest absolute Gasteiger partial charge is 0.407 e. The van der Waals surface area contributed by atoms with Crippen LogP contribution in [-0.2, 0) is 4.43 Å². The number of β-amino-alcohol motifs (C(OH)–C–C–N with tert-alkyl or cyclic N) is 1. The second kappa shape index (κ2) is 5.18. The molecule has 0 radical (unpaired) electrons. The molecule has 0 unspecified atom stereocenters. The number of hydrogen-bond donors (Lipinski definition) is 2. The number of rotatable bonds is 2. The summed E-state index contributed by atoms with van der Waals surface area (Å²) >= 11 is 0. The predicted molar refractivity (Wildman–Crippen MR) is 72.3 cm³/mol. The number of amides is 1. The molecule has 1 heterocycles. The van der Waals surface area contributed by atoms with Gasteiger partial charge in [-0.2, -0.15) is 0 Å². The molecule has 1 rings (SSSR count). The van der Waals surface area contributed by atoms with E-state index in [0.717, 1.165) is 0 Å². The van der Waals surface area contributed by atoms with Gasteiger partial charge < -0.3 is 19.5 Å². The summed E-state index contributed by atoms with van der Waals surface area (Å²) < 4.78 is 6.17. The Bertz CT molecular complexity index is 314. The topological polar surface area (TPSA) is 70.0 Å². The number of likely N-dealkylation sites (tertiary alicyclic amines) is 1. The molecule has 2 atom stereocenters. The molecule has 1 fully saturated rings. The lowest BCUT2D eigenvalue weighted by molar-refractivity contribution is 0.00249. The maximum absolute atomic E-state index is 11.0. The van der Waals surface area contributed by atoms with Crippen LogP contribution < -0.4 is 0 Å². The Labute approximate surface area is 110 Å². The molecule has 1 aliphatic heterocycles. The van der Waals surface area contributed by atoms with Crippen molar-refractivity contribution < 1.29 is 19.4 Å². The van der Waals surface area contributed by atoms with Crippen molar-refractivity contribution in [1.82, 2.24) is 4.90 Å². The predicted octanol–water partition coefficient (Wildman–Crippen LogP) is 2.12. The van der Waals surface area contributed by atoms with Crippen LogP contribution in [0.1, 0.15) is 27.2 Å². The molecule has 1 saturated heterocycles. The van der Waals surface area contributed by atoms with E-state index in [1.54, 1.807) is 0 Å². The highest BCUT2D eigenvalue weighted by Gasteiger charge is 2.41. The number of hydrogen-bond acceptors (Lipinski definition) is 3. The molecular weight excluding hydrogens is 250 g/mol. The van der Waals surface area contributed by atoms with Gasteiger partial charge in [-0.15, -0.1) is 0 Å². The molecule has 0 aromatic heterocycles. The summed E-state index contributed by atoms with van der Waals surface area (Å²) in [5.74, 6) is 0. The molecule has 6 heteroatoms. The van der Waals surface area contributed by atoms with Crippen LogP contribution in [0.25, 0.3) is 0 Å². The summed E-state index contributed by atoms with van der Waals surface area (Å²) in [6.45, 7) is 11.3. The molecule has 0 spiro atoms. The van der Waals surface area contributed by atoms with Gasteiger partial charge in [0.15, 0.2) is 8.32 Å². The van der Waals surface area contributed by atoms with E-state index < -0.39 is 20.5 Å². The highest BCUT2D eigenvalue weighted by atomic mass is 28.4. The Hall–Kier alpha value is -0.593. The summed E-state index contributed by atoms with van der Waals surface area (Å²) in [5.41, 5.74) is 0. The Balaban J connectivity index is 2.70. The van der Waals surface area contributed by atoms with Gasteiger partial charge in [-0.1, -0.05) is 20.8 Å². The first-order valence-corrected chi connectivity index (χ1v) is 9.27. The number of carboxylic acid groups (broad SMARTS) is 1. The lowest BCUT2D eigenvalue weighted by atomic mass is 10.1. The highest BCUT2D eigenvalue weighted by Crippen LogP contribution is 2.38. The van der Waals surface area contributed by atoms with Gasteiger partial charge in [-0.3, -0.25) is 0 Å². The third kappa shape index (κ3) is 3.70. The van der Waals surface area contributed by atoms with E-state index >= 15 is 0 Å². The Morgan fingerprint density at radius 2 is 1.89 bits per heavy atom. The van der Waals surface area contributed by atoms with E-state index in [-0.39, 0.29) is 17.7 Å². The minimum absolute atomic E-state index is 0.0868. The van der Waals surface area contributed by atoms with Gasteiger partial charge in [0, 0.05) is 13.0 Å². The first-order chi connectivity index (χ1) is 8.03. The minimum atomic E-state index is -1.92. The van der Waals surface area contributed by atoms with Crippen LogP contribution in [0.5, 0.6) is 0 Å². The standard InChI is InChI=1S/C12H25NO4Si/c1-12(2,3)18(4,5)17-10-6-9(14)7-13(8-10)11(15)16/h9-10,14H,6-8H2,1-5H3,(H,15,16)/t9-,10+/m0/s1. The Morgan fingerprint density at radius 1 is 1.33 bits per heavy atom. The van der Waals surface area contributed by atoms with Crippen molar-refractivity contribution in [3.05, 3.63) is 0 Å². The van der Waals surface area contributed by atoms with E-state index in [1.807, 2.05) is 0 Å². The molecule has 0 aliphatic carbocycles. The van der Waals surface area contributed by atoms with Gasteiger partial charge in [0.2, 0.25) is 0 Å². The molecule has 0 saturated carbocycles. The van der Waals surface area contributed by atoms with Crippen molar-refractivity contribution >= 4 is 14.4 Å². The van der Waals surface area contributed by atoms with Gasteiger partial charge in [-0.25, -0.2) is 4.79 Å². The van der Waals surface area contributed by atoms with Crippen LogP contribution in [-0.4, -0.2) is 54.8 Å². The number of aliphatic hydroxyl groups is 1. The van der Waals surface area contributed by atoms with Crippen LogP contribution in [0, 0.1) is 0 Å². The van der Waals surface area contributed by atoms with Gasteiger partial charge in [0.05, 0.1) is 18.8 Å². The first kappa shape index (κ1) is 15.5. The van der Waals surface area contributed by atoms with E-state index in [2.05, 4.69) is 33.9 Å². The van der Waals surface area contributed by atoms with Crippen LogP contribution in [0.3, 0.4) is 0 Å². The van der Waals surface area contributed by atoms with Crippen molar-refractivity contribution in [2.45, 2.75) is 57.5 Å². The normalized spacial score (nSPS) is 26.2. The van der Waals surface area contributed by atoms with Crippen molar-refractivity contribution in [3.63, 3.8) is 0 Å². The van der Waals surface area contributed by atoms with E-state index in [0.29, 0.717) is 13.0 Å². The number of carbonyl (C=O) groups is 1. The van der Waals surface area contributed by atoms with Gasteiger partial charge in [0.1, 0.15) is 0 Å². The zero-order valence-corrected chi connectivity index (χ0v) is 12.9. The summed E-state index contributed by atoms with van der Waals surface area (Å²) in [7, 11) is -1.92. The van der Waals surface area contributed by atoms with Crippen molar-refractivity contribution in [1.29, 1.82) is 0 Å². The zero-order chi connectivity index (χ0) is 14.1. The summed E-state index contributed by atoms with van der Waals surface area (Å²) in [5, 5.41) is 18.8. The molecular formula is C12H25NO4Si. The molecule has 18 heavy (non-hydrogen) atoms. The van der Waals surface area contributed by atoms with Crippen LogP contribution >= 0.6 is 0 Å². The molecule has 1 amide bonds. The molecule has 0 aromatic rings. The second-order valence-corrected chi connectivity index (χ2v) is 11.3. The quantitative estimate of drug-likeness (QED) is 0.757. The number of nitrogens with zero attached hydrogens (tertiary/aromatic N) is 1. The number of aliphatic hydroxyl groups excluding tert-OH is 1. The lowest BCUT2D eigenvalue weighted by Crippen LogP contribution is -2.53. The SMILES string of the molecule is CC(C)(C)[Si](C)(C)O[C@@H]1C[C@H](O)CN(C(=O)O)C1. The molecule has 0 bridgehead atoms. The average Bonchev–Trinajstić information content (AvgIpc) is 2.13. The Morgan fingerprint density at radius 3 is 2.33 bits per heavy atom. The fourth-order valence-electron chi connectivity index (χ4n) is 1.86. The van der Waals surface area contributed by atoms with E-state index in [9.17, 15) is 9.90 Å². The van der Waals surface area contributed by atoms with Gasteiger partial charge >= 0.3 is 6.09 Å². The monoisotopic (exact) mass is 275 g/mol. The molecule has 1 aliphatic rings. The first-order valence-electron chi connectivity index (χ1n) is 6.36. The Kier molecular flexibility index (Phi) is 4.45. The van der Waals surface area contributed by atoms with Crippen molar-refractivity contribution in [2.24, 2.45) is 0 Å².